The molecule has 0 radical (unpaired) electrons. The van der Waals surface area contributed by atoms with Gasteiger partial charge in [0.05, 0.1) is 18.0 Å². The van der Waals surface area contributed by atoms with Crippen molar-refractivity contribution < 1.29 is 14.6 Å². The second-order valence-corrected chi connectivity index (χ2v) is 4.29. The lowest BCUT2D eigenvalue weighted by atomic mass is 10.2. The molecule has 0 fully saturated rings. The van der Waals surface area contributed by atoms with E-state index in [9.17, 15) is 14.4 Å². The van der Waals surface area contributed by atoms with Gasteiger partial charge >= 0.3 is 11.7 Å². The first kappa shape index (κ1) is 13.9. The molecule has 0 atom stereocenters. The zero-order chi connectivity index (χ0) is 14.7. The Labute approximate surface area is 113 Å². The zero-order valence-electron chi connectivity index (χ0n) is 10.9. The van der Waals surface area contributed by atoms with Crippen molar-refractivity contribution in [3.05, 3.63) is 39.0 Å². The minimum atomic E-state index is -0.923. The van der Waals surface area contributed by atoms with E-state index in [0.29, 0.717) is 23.1 Å². The summed E-state index contributed by atoms with van der Waals surface area (Å²) in [5.74, 6) is -0.410. The summed E-state index contributed by atoms with van der Waals surface area (Å²) in [6.45, 7) is 0.227. The van der Waals surface area contributed by atoms with Crippen molar-refractivity contribution in [3.8, 4) is 5.75 Å². The predicted molar refractivity (Wildman–Crippen MR) is 72.3 cm³/mol. The summed E-state index contributed by atoms with van der Waals surface area (Å²) in [7, 11) is 1.48. The fourth-order valence-electron chi connectivity index (χ4n) is 2.01. The van der Waals surface area contributed by atoms with Gasteiger partial charge < -0.3 is 9.84 Å². The number of fused-ring (bicyclic) bond motifs is 1. The minimum Gasteiger partial charge on any atom is -0.497 e. The van der Waals surface area contributed by atoms with Crippen molar-refractivity contribution in [2.75, 3.05) is 7.11 Å². The summed E-state index contributed by atoms with van der Waals surface area (Å²) < 4.78 is 6.40. The first-order valence-electron chi connectivity index (χ1n) is 6.05. The van der Waals surface area contributed by atoms with E-state index in [0.717, 1.165) is 0 Å². The number of hydrogen-bond acceptors (Lipinski definition) is 4. The van der Waals surface area contributed by atoms with Crippen LogP contribution in [0.4, 0.5) is 0 Å². The van der Waals surface area contributed by atoms with Gasteiger partial charge in [-0.05, 0) is 24.6 Å². The number of carboxylic acid groups (broad SMARTS) is 1. The second-order valence-electron chi connectivity index (χ2n) is 4.29. The Morgan fingerprint density at radius 1 is 1.40 bits per heavy atom. The fraction of sp³-hybridized carbons (Fsp3) is 0.308. The van der Waals surface area contributed by atoms with Crippen molar-refractivity contribution in [3.63, 3.8) is 0 Å². The number of nitrogens with zero attached hydrogens (tertiary/aromatic N) is 1. The van der Waals surface area contributed by atoms with Crippen molar-refractivity contribution in [2.45, 2.75) is 19.4 Å². The highest BCUT2D eigenvalue weighted by molar-refractivity contribution is 5.79. The molecule has 0 amide bonds. The molecule has 0 saturated carbocycles. The van der Waals surface area contributed by atoms with Crippen LogP contribution in [0.1, 0.15) is 12.8 Å². The van der Waals surface area contributed by atoms with E-state index in [1.54, 1.807) is 18.2 Å². The molecule has 20 heavy (non-hydrogen) atoms. The number of nitrogens with one attached hydrogen (secondary N) is 1. The third-order valence-corrected chi connectivity index (χ3v) is 2.98. The first-order valence-corrected chi connectivity index (χ1v) is 6.05. The number of hydrogen-bond donors (Lipinski definition) is 2. The van der Waals surface area contributed by atoms with Crippen molar-refractivity contribution in [2.24, 2.45) is 0 Å². The maximum absolute atomic E-state index is 11.8. The Balaban J connectivity index is 2.50. The van der Waals surface area contributed by atoms with E-state index in [-0.39, 0.29) is 13.0 Å². The normalized spacial score (nSPS) is 10.7. The Hall–Kier alpha value is -2.57. The molecule has 2 aromatic rings. The van der Waals surface area contributed by atoms with Gasteiger partial charge in [0.25, 0.3) is 5.56 Å². The molecule has 106 valence electrons. The molecule has 7 nitrogen and oxygen atoms in total. The average Bonchev–Trinajstić information content (AvgIpc) is 2.41. The molecular weight excluding hydrogens is 264 g/mol. The van der Waals surface area contributed by atoms with Crippen LogP contribution >= 0.6 is 0 Å². The highest BCUT2D eigenvalue weighted by Gasteiger charge is 2.09. The molecule has 2 rings (SSSR count). The summed E-state index contributed by atoms with van der Waals surface area (Å²) in [6.07, 6.45) is 0.269. The van der Waals surface area contributed by atoms with Crippen LogP contribution < -0.4 is 16.0 Å². The van der Waals surface area contributed by atoms with Gasteiger partial charge in [-0.2, -0.15) is 0 Å². The van der Waals surface area contributed by atoms with Gasteiger partial charge in [0, 0.05) is 13.0 Å². The number of ether oxygens (including phenoxy) is 1. The number of benzene rings is 1. The first-order chi connectivity index (χ1) is 9.52. The van der Waals surface area contributed by atoms with Crippen molar-refractivity contribution in [1.29, 1.82) is 0 Å². The molecule has 7 heteroatoms. The largest absolute Gasteiger partial charge is 0.497 e. The van der Waals surface area contributed by atoms with Gasteiger partial charge in [-0.25, -0.2) is 4.79 Å². The predicted octanol–water partition coefficient (Wildman–Crippen LogP) is 0.563. The molecule has 2 N–H and O–H groups in total. The van der Waals surface area contributed by atoms with Crippen LogP contribution in [-0.4, -0.2) is 27.7 Å². The van der Waals surface area contributed by atoms with Crippen LogP contribution in [0, 0.1) is 0 Å². The summed E-state index contributed by atoms with van der Waals surface area (Å²) in [6, 6.07) is 4.81. The van der Waals surface area contributed by atoms with E-state index in [4.69, 9.17) is 9.84 Å². The smallest absolute Gasteiger partial charge is 0.328 e. The molecule has 0 aliphatic heterocycles. The monoisotopic (exact) mass is 278 g/mol. The molecule has 1 aromatic carbocycles. The van der Waals surface area contributed by atoms with Crippen LogP contribution in [0.25, 0.3) is 10.9 Å². The molecule has 1 aromatic heterocycles. The second kappa shape index (κ2) is 5.60. The van der Waals surface area contributed by atoms with Crippen LogP contribution in [0.5, 0.6) is 5.75 Å². The number of carboxylic acids is 1. The van der Waals surface area contributed by atoms with Crippen LogP contribution in [0.3, 0.4) is 0 Å². The Morgan fingerprint density at radius 3 is 2.80 bits per heavy atom. The fourth-order valence-corrected chi connectivity index (χ4v) is 2.01. The highest BCUT2D eigenvalue weighted by atomic mass is 16.5. The molecule has 1 heterocycles. The van der Waals surface area contributed by atoms with Crippen molar-refractivity contribution >= 4 is 16.9 Å². The van der Waals surface area contributed by atoms with Crippen molar-refractivity contribution in [1.82, 2.24) is 9.55 Å². The highest BCUT2D eigenvalue weighted by Crippen LogP contribution is 2.16. The maximum Gasteiger partial charge on any atom is 0.328 e. The summed E-state index contributed by atoms with van der Waals surface area (Å²) in [4.78, 5) is 36.3. The van der Waals surface area contributed by atoms with Gasteiger partial charge in [-0.1, -0.05) is 0 Å². The SMILES string of the molecule is COc1ccc2c(c1)c(=O)[nH]c(=O)n2CCCC(=O)O. The topological polar surface area (TPSA) is 101 Å². The maximum atomic E-state index is 11.8. The third-order valence-electron chi connectivity index (χ3n) is 2.98. The van der Waals surface area contributed by atoms with Gasteiger partial charge in [-0.15, -0.1) is 0 Å². The number of aromatic amines is 1. The lowest BCUT2D eigenvalue weighted by Crippen LogP contribution is -2.30. The van der Waals surface area contributed by atoms with Gasteiger partial charge in [-0.3, -0.25) is 19.1 Å². The Bertz CT molecular complexity index is 759. The Morgan fingerprint density at radius 2 is 2.15 bits per heavy atom. The van der Waals surface area contributed by atoms with Gasteiger partial charge in [0.1, 0.15) is 5.75 Å². The van der Waals surface area contributed by atoms with Crippen LogP contribution in [0.15, 0.2) is 27.8 Å². The standard InChI is InChI=1S/C13H14N2O5/c1-20-8-4-5-10-9(7-8)12(18)14-13(19)15(10)6-2-3-11(16)17/h4-5,7H,2-3,6H2,1H3,(H,16,17)(H,14,18,19). The molecule has 0 saturated heterocycles. The quantitative estimate of drug-likeness (QED) is 0.832. The number of aromatic nitrogens is 2. The zero-order valence-corrected chi connectivity index (χ0v) is 10.9. The molecule has 0 spiro atoms. The van der Waals surface area contributed by atoms with Crippen LogP contribution in [-0.2, 0) is 11.3 Å². The number of carbonyl (C=O) groups is 1. The lowest BCUT2D eigenvalue weighted by molar-refractivity contribution is -0.137. The minimum absolute atomic E-state index is 0.0385. The third kappa shape index (κ3) is 2.71. The molecular formula is C13H14N2O5. The molecule has 0 aliphatic rings. The summed E-state index contributed by atoms with van der Waals surface area (Å²) >= 11 is 0. The number of rotatable bonds is 5. The number of methoxy groups -OCH3 is 1. The van der Waals surface area contributed by atoms with Gasteiger partial charge in [0.2, 0.25) is 0 Å². The van der Waals surface area contributed by atoms with Crippen LogP contribution in [0.2, 0.25) is 0 Å². The molecule has 0 aliphatic carbocycles. The molecule has 0 bridgehead atoms. The summed E-state index contributed by atoms with van der Waals surface area (Å²) in [5.41, 5.74) is -0.568. The Kier molecular flexibility index (Phi) is 3.88. The van der Waals surface area contributed by atoms with Gasteiger partial charge in [0.15, 0.2) is 0 Å². The number of aryl methyl sites for hydroxylation is 1. The number of H-pyrrole nitrogens is 1. The van der Waals surface area contributed by atoms with E-state index in [2.05, 4.69) is 4.98 Å². The van der Waals surface area contributed by atoms with E-state index in [1.807, 2.05) is 0 Å². The number of aliphatic carboxylic acids is 1. The lowest BCUT2D eigenvalue weighted by Gasteiger charge is -2.09. The average molecular weight is 278 g/mol. The van der Waals surface area contributed by atoms with E-state index < -0.39 is 17.2 Å². The van der Waals surface area contributed by atoms with E-state index >= 15 is 0 Å². The summed E-state index contributed by atoms with van der Waals surface area (Å²) in [5, 5.41) is 8.96. The van der Waals surface area contributed by atoms with E-state index in [1.165, 1.54) is 11.7 Å². The molecule has 0 unspecified atom stereocenters.